The number of hydrogen-bond donors (Lipinski definition) is 1. The minimum atomic E-state index is -0.236. The smallest absolute Gasteiger partial charge is 0.274 e. The van der Waals surface area contributed by atoms with E-state index >= 15 is 0 Å². The number of anilines is 1. The van der Waals surface area contributed by atoms with Gasteiger partial charge in [0.2, 0.25) is 5.91 Å². The highest BCUT2D eigenvalue weighted by Gasteiger charge is 2.26. The lowest BCUT2D eigenvalue weighted by molar-refractivity contribution is -0.125. The molecule has 0 radical (unpaired) electrons. The third-order valence-corrected chi connectivity index (χ3v) is 5.09. The number of nitrogens with zero attached hydrogens (tertiary/aromatic N) is 5. The molecule has 0 aliphatic carbocycles. The molecule has 1 amide bonds. The van der Waals surface area contributed by atoms with Gasteiger partial charge in [-0.25, -0.2) is 4.98 Å². The zero-order valence-electron chi connectivity index (χ0n) is 12.7. The summed E-state index contributed by atoms with van der Waals surface area (Å²) in [6, 6.07) is 1.94. The number of hydrogen-bond acceptors (Lipinski definition) is 7. The summed E-state index contributed by atoms with van der Waals surface area (Å²) in [5.41, 5.74) is 0.179. The molecule has 3 rings (SSSR count). The summed E-state index contributed by atoms with van der Waals surface area (Å²) in [5, 5.41) is 12.2. The quantitative estimate of drug-likeness (QED) is 0.869. The maximum Gasteiger partial charge on any atom is 0.274 e. The summed E-state index contributed by atoms with van der Waals surface area (Å²) in [4.78, 5) is 34.6. The Labute approximate surface area is 136 Å². The molecule has 1 N–H and O–H groups in total. The van der Waals surface area contributed by atoms with Crippen molar-refractivity contribution in [2.45, 2.75) is 19.4 Å². The number of nitrogens with one attached hydrogen (secondary N) is 1. The van der Waals surface area contributed by atoms with Crippen LogP contribution in [0.2, 0.25) is 0 Å². The van der Waals surface area contributed by atoms with Gasteiger partial charge in [-0.1, -0.05) is 11.3 Å². The van der Waals surface area contributed by atoms with Crippen molar-refractivity contribution in [1.82, 2.24) is 19.9 Å². The normalized spacial score (nSPS) is 15.6. The maximum absolute atomic E-state index is 12.3. The molecule has 23 heavy (non-hydrogen) atoms. The van der Waals surface area contributed by atoms with E-state index in [0.717, 1.165) is 31.1 Å². The highest BCUT2D eigenvalue weighted by atomic mass is 32.1. The molecular formula is C14H16N6O2S. The second kappa shape index (κ2) is 6.34. The number of rotatable bonds is 3. The van der Waals surface area contributed by atoms with E-state index in [9.17, 15) is 9.59 Å². The lowest BCUT2D eigenvalue weighted by Gasteiger charge is -2.30. The number of piperidine rings is 1. The van der Waals surface area contributed by atoms with E-state index in [4.69, 9.17) is 5.26 Å². The van der Waals surface area contributed by atoms with E-state index < -0.39 is 0 Å². The van der Waals surface area contributed by atoms with Crippen LogP contribution in [0.25, 0.3) is 10.3 Å². The van der Waals surface area contributed by atoms with Crippen molar-refractivity contribution >= 4 is 32.7 Å². The average Bonchev–Trinajstić information content (AvgIpc) is 3.02. The monoisotopic (exact) mass is 332 g/mol. The Morgan fingerprint density at radius 3 is 2.91 bits per heavy atom. The molecule has 8 nitrogen and oxygen atoms in total. The van der Waals surface area contributed by atoms with Crippen molar-refractivity contribution < 1.29 is 4.79 Å². The molecule has 2 aromatic heterocycles. The van der Waals surface area contributed by atoms with Crippen molar-refractivity contribution in [3.63, 3.8) is 0 Å². The van der Waals surface area contributed by atoms with Crippen LogP contribution in [0.5, 0.6) is 0 Å². The van der Waals surface area contributed by atoms with Gasteiger partial charge in [0.25, 0.3) is 5.56 Å². The van der Waals surface area contributed by atoms with Gasteiger partial charge in [0.05, 0.1) is 6.07 Å². The Kier molecular flexibility index (Phi) is 4.25. The van der Waals surface area contributed by atoms with Crippen LogP contribution in [0.15, 0.2) is 11.1 Å². The lowest BCUT2D eigenvalue weighted by Crippen LogP contribution is -2.39. The van der Waals surface area contributed by atoms with Crippen LogP contribution in [0.4, 0.5) is 5.13 Å². The molecule has 0 unspecified atom stereocenters. The lowest BCUT2D eigenvalue weighted by atomic mass is 9.96. The molecule has 0 bridgehead atoms. The summed E-state index contributed by atoms with van der Waals surface area (Å²) in [6.45, 7) is 1.43. The van der Waals surface area contributed by atoms with Gasteiger partial charge < -0.3 is 10.2 Å². The topological polar surface area (TPSA) is 104 Å². The number of nitriles is 1. The Bertz CT molecular complexity index is 828. The largest absolute Gasteiger partial charge is 0.359 e. The van der Waals surface area contributed by atoms with Crippen LogP contribution in [-0.2, 0) is 11.3 Å². The summed E-state index contributed by atoms with van der Waals surface area (Å²) in [5.74, 6) is 0.117. The fourth-order valence-corrected chi connectivity index (χ4v) is 3.72. The van der Waals surface area contributed by atoms with Crippen molar-refractivity contribution in [3.8, 4) is 6.07 Å². The van der Waals surface area contributed by atoms with E-state index in [-0.39, 0.29) is 23.9 Å². The van der Waals surface area contributed by atoms with Gasteiger partial charge in [0.1, 0.15) is 17.6 Å². The molecule has 1 aliphatic rings. The van der Waals surface area contributed by atoms with Crippen LogP contribution in [-0.4, -0.2) is 40.6 Å². The second-order valence-corrected chi connectivity index (χ2v) is 6.34. The highest BCUT2D eigenvalue weighted by Crippen LogP contribution is 2.29. The molecule has 1 fully saturated rings. The predicted octanol–water partition coefficient (Wildman–Crippen LogP) is 0.339. The Hall–Kier alpha value is -2.47. The molecule has 1 saturated heterocycles. The SMILES string of the molecule is CNC(=O)C1CCN(c2nc3ncn(CC#N)c(=O)c3s2)CC1. The van der Waals surface area contributed by atoms with Gasteiger partial charge in [-0.2, -0.15) is 10.2 Å². The first kappa shape index (κ1) is 15.4. The first-order valence-electron chi connectivity index (χ1n) is 7.33. The van der Waals surface area contributed by atoms with Crippen LogP contribution < -0.4 is 15.8 Å². The number of thiazole rings is 1. The average molecular weight is 332 g/mol. The van der Waals surface area contributed by atoms with E-state index in [0.29, 0.717) is 10.3 Å². The number of carbonyl (C=O) groups excluding carboxylic acids is 1. The molecule has 3 heterocycles. The fourth-order valence-electron chi connectivity index (χ4n) is 2.70. The van der Waals surface area contributed by atoms with Gasteiger partial charge in [-0.05, 0) is 12.8 Å². The number of aromatic nitrogens is 3. The first-order valence-corrected chi connectivity index (χ1v) is 8.15. The van der Waals surface area contributed by atoms with Crippen LogP contribution in [0.3, 0.4) is 0 Å². The summed E-state index contributed by atoms with van der Waals surface area (Å²) in [6.07, 6.45) is 2.89. The van der Waals surface area contributed by atoms with Gasteiger partial charge in [0, 0.05) is 26.1 Å². The number of carbonyl (C=O) groups is 1. The van der Waals surface area contributed by atoms with Crippen molar-refractivity contribution in [2.75, 3.05) is 25.0 Å². The molecule has 2 aromatic rings. The van der Waals surface area contributed by atoms with E-state index in [1.807, 2.05) is 6.07 Å². The Morgan fingerprint density at radius 1 is 1.52 bits per heavy atom. The van der Waals surface area contributed by atoms with Crippen molar-refractivity contribution in [2.24, 2.45) is 5.92 Å². The second-order valence-electron chi connectivity index (χ2n) is 5.36. The van der Waals surface area contributed by atoms with Gasteiger partial charge in [-0.15, -0.1) is 0 Å². The summed E-state index contributed by atoms with van der Waals surface area (Å²) >= 11 is 1.29. The van der Waals surface area contributed by atoms with Gasteiger partial charge in [-0.3, -0.25) is 14.2 Å². The minimum absolute atomic E-state index is 0.0213. The highest BCUT2D eigenvalue weighted by molar-refractivity contribution is 7.22. The molecule has 0 saturated carbocycles. The first-order chi connectivity index (χ1) is 11.1. The van der Waals surface area contributed by atoms with E-state index in [1.165, 1.54) is 22.2 Å². The fraction of sp³-hybridized carbons (Fsp3) is 0.500. The van der Waals surface area contributed by atoms with Crippen molar-refractivity contribution in [3.05, 3.63) is 16.7 Å². The molecule has 120 valence electrons. The standard InChI is InChI=1S/C14H16N6O2S/c1-16-12(21)9-2-5-19(6-3-9)14-18-11-10(23-14)13(22)20(7-4-15)8-17-11/h8-9H,2-3,5-7H2,1H3,(H,16,21). The summed E-state index contributed by atoms with van der Waals surface area (Å²) in [7, 11) is 1.65. The van der Waals surface area contributed by atoms with E-state index in [2.05, 4.69) is 20.2 Å². The van der Waals surface area contributed by atoms with Gasteiger partial charge >= 0.3 is 0 Å². The van der Waals surface area contributed by atoms with Crippen LogP contribution in [0, 0.1) is 17.2 Å². The maximum atomic E-state index is 12.3. The minimum Gasteiger partial charge on any atom is -0.359 e. The van der Waals surface area contributed by atoms with Gasteiger partial charge in [0.15, 0.2) is 10.8 Å². The van der Waals surface area contributed by atoms with Crippen LogP contribution in [0.1, 0.15) is 12.8 Å². The van der Waals surface area contributed by atoms with E-state index in [1.54, 1.807) is 7.05 Å². The molecule has 0 atom stereocenters. The Balaban J connectivity index is 1.82. The third kappa shape index (κ3) is 2.90. The Morgan fingerprint density at radius 2 is 2.26 bits per heavy atom. The zero-order chi connectivity index (χ0) is 16.4. The number of fused-ring (bicyclic) bond motifs is 1. The zero-order valence-corrected chi connectivity index (χ0v) is 13.5. The molecule has 0 spiro atoms. The molecule has 0 aromatic carbocycles. The van der Waals surface area contributed by atoms with Crippen molar-refractivity contribution in [1.29, 1.82) is 5.26 Å². The molecule has 9 heteroatoms. The molecular weight excluding hydrogens is 316 g/mol. The number of amides is 1. The third-order valence-electron chi connectivity index (χ3n) is 4.00. The predicted molar refractivity (Wildman–Crippen MR) is 86.3 cm³/mol. The van der Waals surface area contributed by atoms with Crippen LogP contribution >= 0.6 is 11.3 Å². The molecule has 1 aliphatic heterocycles. The summed E-state index contributed by atoms with van der Waals surface area (Å²) < 4.78 is 1.74.